The van der Waals surface area contributed by atoms with Gasteiger partial charge in [-0.1, -0.05) is 27.7 Å². The summed E-state index contributed by atoms with van der Waals surface area (Å²) in [6.07, 6.45) is 3.38. The molecule has 1 aliphatic heterocycles. The van der Waals surface area contributed by atoms with E-state index in [-0.39, 0.29) is 6.04 Å². The molecule has 0 aromatic rings. The van der Waals surface area contributed by atoms with E-state index in [0.717, 1.165) is 19.5 Å². The molecule has 2 rings (SSSR count). The number of hydrogen-bond acceptors (Lipinski definition) is 2. The van der Waals surface area contributed by atoms with E-state index >= 15 is 0 Å². The summed E-state index contributed by atoms with van der Waals surface area (Å²) in [6, 6.07) is 0.241. The van der Waals surface area contributed by atoms with Crippen molar-refractivity contribution in [3.8, 4) is 0 Å². The highest BCUT2D eigenvalue weighted by Gasteiger charge is 2.47. The van der Waals surface area contributed by atoms with Crippen molar-refractivity contribution in [1.82, 2.24) is 4.90 Å². The van der Waals surface area contributed by atoms with E-state index in [1.54, 1.807) is 0 Å². The van der Waals surface area contributed by atoms with Gasteiger partial charge in [0.25, 0.3) is 0 Å². The lowest BCUT2D eigenvalue weighted by atomic mass is 9.78. The Hall–Kier alpha value is -0.370. The molecule has 1 aliphatic carbocycles. The van der Waals surface area contributed by atoms with Crippen molar-refractivity contribution in [3.63, 3.8) is 0 Å². The minimum Gasteiger partial charge on any atom is -0.298 e. The van der Waals surface area contributed by atoms with Gasteiger partial charge in [-0.25, -0.2) is 0 Å². The Labute approximate surface area is 106 Å². The van der Waals surface area contributed by atoms with E-state index < -0.39 is 0 Å². The minimum absolute atomic E-state index is 0.241. The fourth-order valence-electron chi connectivity index (χ4n) is 3.94. The largest absolute Gasteiger partial charge is 0.298 e. The monoisotopic (exact) mass is 237 g/mol. The molecular formula is C15H27NO. The number of carbonyl (C=O) groups excluding carboxylic acids is 1. The Bertz CT molecular complexity index is 279. The first-order chi connectivity index (χ1) is 8.02. The summed E-state index contributed by atoms with van der Waals surface area (Å²) in [7, 11) is 0. The van der Waals surface area contributed by atoms with Gasteiger partial charge in [0.15, 0.2) is 5.78 Å². The second kappa shape index (κ2) is 5.09. The van der Waals surface area contributed by atoms with Crippen molar-refractivity contribution >= 4 is 5.78 Å². The molecule has 0 spiro atoms. The Morgan fingerprint density at radius 1 is 1.06 bits per heavy atom. The molecule has 2 aliphatic rings. The first-order valence-electron chi connectivity index (χ1n) is 7.29. The van der Waals surface area contributed by atoms with Gasteiger partial charge in [0, 0.05) is 6.42 Å². The molecule has 0 radical (unpaired) electrons. The minimum atomic E-state index is 0.241. The predicted octanol–water partition coefficient (Wildman–Crippen LogP) is 2.97. The van der Waals surface area contributed by atoms with E-state index in [2.05, 4.69) is 32.6 Å². The highest BCUT2D eigenvalue weighted by atomic mass is 16.1. The third kappa shape index (κ3) is 2.42. The van der Waals surface area contributed by atoms with E-state index in [4.69, 9.17) is 0 Å². The van der Waals surface area contributed by atoms with Gasteiger partial charge in [-0.2, -0.15) is 0 Å². The normalized spacial score (nSPS) is 35.4. The molecule has 0 aromatic carbocycles. The molecule has 0 N–H and O–H groups in total. The first kappa shape index (κ1) is 13.1. The van der Waals surface area contributed by atoms with Crippen LogP contribution in [0.15, 0.2) is 0 Å². The second-order valence-corrected chi connectivity index (χ2v) is 6.59. The van der Waals surface area contributed by atoms with Crippen LogP contribution in [-0.2, 0) is 4.79 Å². The van der Waals surface area contributed by atoms with Gasteiger partial charge in [0.05, 0.1) is 6.04 Å². The summed E-state index contributed by atoms with van der Waals surface area (Å²) in [5.41, 5.74) is 0. The van der Waals surface area contributed by atoms with Crippen molar-refractivity contribution in [1.29, 1.82) is 0 Å². The third-order valence-electron chi connectivity index (χ3n) is 4.79. The van der Waals surface area contributed by atoms with Crippen molar-refractivity contribution in [2.24, 2.45) is 23.7 Å². The third-order valence-corrected chi connectivity index (χ3v) is 4.79. The van der Waals surface area contributed by atoms with Crippen LogP contribution in [-0.4, -0.2) is 29.8 Å². The smallest absolute Gasteiger partial charge is 0.150 e. The Morgan fingerprint density at radius 2 is 1.65 bits per heavy atom. The number of hydrogen-bond donors (Lipinski definition) is 0. The summed E-state index contributed by atoms with van der Waals surface area (Å²) in [5.74, 6) is 2.97. The van der Waals surface area contributed by atoms with Crippen LogP contribution in [0.5, 0.6) is 0 Å². The molecule has 0 aromatic heterocycles. The summed E-state index contributed by atoms with van der Waals surface area (Å²) >= 11 is 0. The van der Waals surface area contributed by atoms with Gasteiger partial charge in [0.1, 0.15) is 0 Å². The Balaban J connectivity index is 2.19. The van der Waals surface area contributed by atoms with Gasteiger partial charge in [-0.15, -0.1) is 0 Å². The van der Waals surface area contributed by atoms with Crippen molar-refractivity contribution < 1.29 is 4.79 Å². The van der Waals surface area contributed by atoms with E-state index in [9.17, 15) is 4.79 Å². The van der Waals surface area contributed by atoms with Gasteiger partial charge in [0.2, 0.25) is 0 Å². The molecule has 98 valence electrons. The van der Waals surface area contributed by atoms with E-state index in [0.29, 0.717) is 29.5 Å². The predicted molar refractivity (Wildman–Crippen MR) is 70.9 cm³/mol. The van der Waals surface area contributed by atoms with Crippen molar-refractivity contribution in [3.05, 3.63) is 0 Å². The average Bonchev–Trinajstić information content (AvgIpc) is 2.83. The van der Waals surface area contributed by atoms with Crippen LogP contribution in [0.4, 0.5) is 0 Å². The van der Waals surface area contributed by atoms with Crippen LogP contribution in [0, 0.1) is 23.7 Å². The maximum Gasteiger partial charge on any atom is 0.150 e. The van der Waals surface area contributed by atoms with Crippen molar-refractivity contribution in [2.75, 3.05) is 13.1 Å². The van der Waals surface area contributed by atoms with Gasteiger partial charge in [-0.05, 0) is 49.6 Å². The number of ketones is 1. The maximum atomic E-state index is 12.3. The van der Waals surface area contributed by atoms with Crippen LogP contribution in [0.2, 0.25) is 0 Å². The Morgan fingerprint density at radius 3 is 2.12 bits per heavy atom. The molecule has 0 unspecified atom stereocenters. The van der Waals surface area contributed by atoms with Crippen LogP contribution >= 0.6 is 0 Å². The van der Waals surface area contributed by atoms with Crippen molar-refractivity contribution in [2.45, 2.75) is 53.0 Å². The zero-order valence-electron chi connectivity index (χ0n) is 11.8. The van der Waals surface area contributed by atoms with Crippen LogP contribution < -0.4 is 0 Å². The lowest BCUT2D eigenvalue weighted by molar-refractivity contribution is -0.122. The number of rotatable bonds is 3. The topological polar surface area (TPSA) is 20.3 Å². The fraction of sp³-hybridized carbons (Fsp3) is 0.933. The standard InChI is InChI=1S/C15H27NO/c1-10(2)12-9-13(17)15(14(12)11(3)4)16-7-5-6-8-16/h10-12,14-15H,5-9H2,1-4H3/t12-,14+,15-/m1/s1. The molecule has 1 heterocycles. The molecule has 2 fully saturated rings. The molecule has 2 heteroatoms. The van der Waals surface area contributed by atoms with Gasteiger partial charge < -0.3 is 0 Å². The number of carbonyl (C=O) groups is 1. The fourth-order valence-corrected chi connectivity index (χ4v) is 3.94. The average molecular weight is 237 g/mol. The molecule has 1 saturated heterocycles. The molecule has 0 bridgehead atoms. The number of nitrogens with zero attached hydrogens (tertiary/aromatic N) is 1. The molecule has 1 saturated carbocycles. The van der Waals surface area contributed by atoms with Gasteiger partial charge in [-0.3, -0.25) is 9.69 Å². The highest BCUT2D eigenvalue weighted by Crippen LogP contribution is 2.42. The molecule has 0 amide bonds. The quantitative estimate of drug-likeness (QED) is 0.752. The number of Topliss-reactive ketones (excluding diaryl/α,β-unsaturated/α-hetero) is 1. The summed E-state index contributed by atoms with van der Waals surface area (Å²) in [5, 5.41) is 0. The Kier molecular flexibility index (Phi) is 3.92. The van der Waals surface area contributed by atoms with E-state index in [1.807, 2.05) is 0 Å². The first-order valence-corrected chi connectivity index (χ1v) is 7.29. The molecule has 17 heavy (non-hydrogen) atoms. The summed E-state index contributed by atoms with van der Waals surface area (Å²) < 4.78 is 0. The molecular weight excluding hydrogens is 210 g/mol. The summed E-state index contributed by atoms with van der Waals surface area (Å²) in [4.78, 5) is 14.8. The van der Waals surface area contributed by atoms with Crippen LogP contribution in [0.3, 0.4) is 0 Å². The van der Waals surface area contributed by atoms with E-state index in [1.165, 1.54) is 12.8 Å². The molecule has 3 atom stereocenters. The molecule has 2 nitrogen and oxygen atoms in total. The zero-order valence-corrected chi connectivity index (χ0v) is 11.8. The lowest BCUT2D eigenvalue weighted by Gasteiger charge is -2.34. The maximum absolute atomic E-state index is 12.3. The SMILES string of the molecule is CC(C)[C@H]1[C@@H](C(C)C)CC(=O)[C@H]1N1CCCC1. The lowest BCUT2D eigenvalue weighted by Crippen LogP contribution is -2.43. The zero-order chi connectivity index (χ0) is 12.6. The highest BCUT2D eigenvalue weighted by molar-refractivity contribution is 5.87. The van der Waals surface area contributed by atoms with Crippen LogP contribution in [0.25, 0.3) is 0 Å². The van der Waals surface area contributed by atoms with Crippen LogP contribution in [0.1, 0.15) is 47.0 Å². The second-order valence-electron chi connectivity index (χ2n) is 6.59. The number of likely N-dealkylation sites (tertiary alicyclic amines) is 1. The van der Waals surface area contributed by atoms with Gasteiger partial charge >= 0.3 is 0 Å². The summed E-state index contributed by atoms with van der Waals surface area (Å²) in [6.45, 7) is 11.4.